The second-order valence-corrected chi connectivity index (χ2v) is 3.79. The summed E-state index contributed by atoms with van der Waals surface area (Å²) in [6, 6.07) is 2.87. The highest BCUT2D eigenvalue weighted by Gasteiger charge is 2.31. The number of likely N-dealkylation sites (tertiary alicyclic amines) is 1. The van der Waals surface area contributed by atoms with Crippen molar-refractivity contribution in [2.45, 2.75) is 6.10 Å². The van der Waals surface area contributed by atoms with Crippen molar-refractivity contribution in [2.75, 3.05) is 13.1 Å². The predicted molar refractivity (Wildman–Crippen MR) is 55.0 cm³/mol. The summed E-state index contributed by atoms with van der Waals surface area (Å²) in [4.78, 5) is 22.6. The van der Waals surface area contributed by atoms with Crippen molar-refractivity contribution >= 4 is 11.6 Å². The summed E-state index contributed by atoms with van der Waals surface area (Å²) in [6.07, 6.45) is -0.569. The summed E-state index contributed by atoms with van der Waals surface area (Å²) in [5.74, 6) is -1.49. The van der Waals surface area contributed by atoms with Crippen LogP contribution in [0.25, 0.3) is 0 Å². The van der Waals surface area contributed by atoms with Crippen molar-refractivity contribution in [3.8, 4) is 0 Å². The highest BCUT2D eigenvalue weighted by Crippen LogP contribution is 2.20. The number of non-ortho nitro benzene ring substituents is 1. The number of aliphatic hydroxyl groups excluding tert-OH is 1. The molecule has 0 radical (unpaired) electrons. The summed E-state index contributed by atoms with van der Waals surface area (Å²) in [6.45, 7) is 0.324. The van der Waals surface area contributed by atoms with Gasteiger partial charge in [0.15, 0.2) is 0 Å². The number of nitro benzene ring substituents is 1. The molecule has 0 spiro atoms. The highest BCUT2D eigenvalue weighted by atomic mass is 19.1. The molecule has 17 heavy (non-hydrogen) atoms. The van der Waals surface area contributed by atoms with Gasteiger partial charge in [0.1, 0.15) is 5.82 Å². The number of benzene rings is 1. The molecule has 90 valence electrons. The molecule has 2 rings (SSSR count). The molecule has 0 saturated carbocycles. The average Bonchev–Trinajstić information content (AvgIpc) is 2.23. The van der Waals surface area contributed by atoms with E-state index in [2.05, 4.69) is 0 Å². The normalized spacial score (nSPS) is 15.5. The minimum absolute atomic E-state index is 0.162. The molecule has 1 fully saturated rings. The molecule has 6 nitrogen and oxygen atoms in total. The van der Waals surface area contributed by atoms with E-state index in [1.165, 1.54) is 4.90 Å². The Labute approximate surface area is 95.4 Å². The van der Waals surface area contributed by atoms with Crippen LogP contribution in [-0.4, -0.2) is 40.0 Å². The molecule has 1 saturated heterocycles. The van der Waals surface area contributed by atoms with E-state index in [4.69, 9.17) is 5.11 Å². The quantitative estimate of drug-likeness (QED) is 0.604. The Hall–Kier alpha value is -2.02. The SMILES string of the molecule is O=C(c1ccc([N+](=O)[O-])cc1F)N1CC(O)C1. The number of amides is 1. The van der Waals surface area contributed by atoms with E-state index in [1.807, 2.05) is 0 Å². The maximum atomic E-state index is 13.5. The number of hydrogen-bond donors (Lipinski definition) is 1. The third-order valence-corrected chi connectivity index (χ3v) is 2.54. The van der Waals surface area contributed by atoms with Crippen molar-refractivity contribution in [3.05, 3.63) is 39.7 Å². The van der Waals surface area contributed by atoms with E-state index in [0.29, 0.717) is 6.07 Å². The molecular formula is C10H9FN2O4. The van der Waals surface area contributed by atoms with Crippen LogP contribution in [0.4, 0.5) is 10.1 Å². The van der Waals surface area contributed by atoms with E-state index < -0.39 is 28.4 Å². The largest absolute Gasteiger partial charge is 0.389 e. The van der Waals surface area contributed by atoms with Gasteiger partial charge in [0.05, 0.1) is 22.7 Å². The van der Waals surface area contributed by atoms with Crippen LogP contribution in [0.1, 0.15) is 10.4 Å². The van der Waals surface area contributed by atoms with Gasteiger partial charge in [-0.1, -0.05) is 0 Å². The van der Waals surface area contributed by atoms with Crippen molar-refractivity contribution in [2.24, 2.45) is 0 Å². The molecule has 1 aliphatic heterocycles. The molecular weight excluding hydrogens is 231 g/mol. The first-order chi connectivity index (χ1) is 7.99. The van der Waals surface area contributed by atoms with Crippen molar-refractivity contribution in [1.82, 2.24) is 4.90 Å². The van der Waals surface area contributed by atoms with Crippen molar-refractivity contribution in [1.29, 1.82) is 0 Å². The molecule has 0 aliphatic carbocycles. The van der Waals surface area contributed by atoms with E-state index in [0.717, 1.165) is 12.1 Å². The number of carbonyl (C=O) groups excluding carboxylic acids is 1. The van der Waals surface area contributed by atoms with Gasteiger partial charge in [-0.25, -0.2) is 4.39 Å². The van der Waals surface area contributed by atoms with Crippen LogP contribution in [-0.2, 0) is 0 Å². The van der Waals surface area contributed by atoms with E-state index in [-0.39, 0.29) is 18.7 Å². The Morgan fingerprint density at radius 3 is 2.65 bits per heavy atom. The fraction of sp³-hybridized carbons (Fsp3) is 0.300. The van der Waals surface area contributed by atoms with Crippen LogP contribution in [0.15, 0.2) is 18.2 Å². The molecule has 7 heteroatoms. The Kier molecular flexibility index (Phi) is 2.76. The molecule has 0 atom stereocenters. The highest BCUT2D eigenvalue weighted by molar-refractivity contribution is 5.95. The lowest BCUT2D eigenvalue weighted by Crippen LogP contribution is -2.53. The fourth-order valence-electron chi connectivity index (χ4n) is 1.58. The monoisotopic (exact) mass is 240 g/mol. The molecule has 0 unspecified atom stereocenters. The van der Waals surface area contributed by atoms with Gasteiger partial charge in [0.2, 0.25) is 0 Å². The number of carbonyl (C=O) groups is 1. The van der Waals surface area contributed by atoms with Gasteiger partial charge in [-0.2, -0.15) is 0 Å². The van der Waals surface area contributed by atoms with Gasteiger partial charge in [-0.05, 0) is 6.07 Å². The van der Waals surface area contributed by atoms with Crippen LogP contribution in [0.3, 0.4) is 0 Å². The van der Waals surface area contributed by atoms with Crippen LogP contribution < -0.4 is 0 Å². The second-order valence-electron chi connectivity index (χ2n) is 3.79. The lowest BCUT2D eigenvalue weighted by molar-refractivity contribution is -0.385. The Bertz CT molecular complexity index is 485. The number of aliphatic hydroxyl groups is 1. The maximum Gasteiger partial charge on any atom is 0.272 e. The lowest BCUT2D eigenvalue weighted by atomic mass is 10.1. The number of halogens is 1. The third kappa shape index (κ3) is 2.09. The Morgan fingerprint density at radius 2 is 2.18 bits per heavy atom. The second kappa shape index (κ2) is 4.10. The first kappa shape index (κ1) is 11.5. The summed E-state index contributed by atoms with van der Waals surface area (Å²) in [5, 5.41) is 19.4. The Morgan fingerprint density at radius 1 is 1.53 bits per heavy atom. The van der Waals surface area contributed by atoms with E-state index in [1.54, 1.807) is 0 Å². The number of hydrogen-bond acceptors (Lipinski definition) is 4. The molecule has 1 heterocycles. The summed E-state index contributed by atoms with van der Waals surface area (Å²) < 4.78 is 13.5. The van der Waals surface area contributed by atoms with E-state index in [9.17, 15) is 19.3 Å². The first-order valence-corrected chi connectivity index (χ1v) is 4.90. The van der Waals surface area contributed by atoms with Gasteiger partial charge in [-0.15, -0.1) is 0 Å². The minimum Gasteiger partial charge on any atom is -0.389 e. The summed E-state index contributed by atoms with van der Waals surface area (Å²) in [5.41, 5.74) is -0.620. The standard InChI is InChI=1S/C10H9FN2O4/c11-9-3-6(13(16)17)1-2-8(9)10(15)12-4-7(14)5-12/h1-3,7,14H,4-5H2. The zero-order valence-electron chi connectivity index (χ0n) is 8.67. The topological polar surface area (TPSA) is 83.7 Å². The number of nitrogens with zero attached hydrogens (tertiary/aromatic N) is 2. The van der Waals surface area contributed by atoms with E-state index >= 15 is 0 Å². The van der Waals surface area contributed by atoms with Crippen molar-refractivity contribution < 1.29 is 19.2 Å². The number of rotatable bonds is 2. The zero-order valence-corrected chi connectivity index (χ0v) is 8.67. The van der Waals surface area contributed by atoms with Crippen LogP contribution in [0.5, 0.6) is 0 Å². The van der Waals surface area contributed by atoms with Crippen LogP contribution in [0, 0.1) is 15.9 Å². The minimum atomic E-state index is -0.925. The lowest BCUT2D eigenvalue weighted by Gasteiger charge is -2.35. The van der Waals surface area contributed by atoms with Gasteiger partial charge < -0.3 is 10.0 Å². The average molecular weight is 240 g/mol. The van der Waals surface area contributed by atoms with Crippen molar-refractivity contribution in [3.63, 3.8) is 0 Å². The van der Waals surface area contributed by atoms with Gasteiger partial charge in [-0.3, -0.25) is 14.9 Å². The molecule has 1 N–H and O–H groups in total. The smallest absolute Gasteiger partial charge is 0.272 e. The predicted octanol–water partition coefficient (Wildman–Crippen LogP) is 0.551. The van der Waals surface area contributed by atoms with Crippen LogP contribution in [0.2, 0.25) is 0 Å². The third-order valence-electron chi connectivity index (χ3n) is 2.54. The molecule has 1 aliphatic rings. The van der Waals surface area contributed by atoms with Crippen LogP contribution >= 0.6 is 0 Å². The molecule has 1 amide bonds. The summed E-state index contributed by atoms with van der Waals surface area (Å²) in [7, 11) is 0. The number of β-amino-alcohol motifs (C(OH)–C–C–N with tert-alkyl or cyclic N) is 1. The van der Waals surface area contributed by atoms with Gasteiger partial charge in [0.25, 0.3) is 11.6 Å². The molecule has 0 aromatic heterocycles. The number of nitro groups is 1. The molecule has 1 aromatic carbocycles. The van der Waals surface area contributed by atoms with Gasteiger partial charge >= 0.3 is 0 Å². The fourth-order valence-corrected chi connectivity index (χ4v) is 1.58. The van der Waals surface area contributed by atoms with Gasteiger partial charge in [0, 0.05) is 19.2 Å². The Balaban J connectivity index is 2.22. The molecule has 0 bridgehead atoms. The molecule has 1 aromatic rings. The zero-order chi connectivity index (χ0) is 12.6. The summed E-state index contributed by atoms with van der Waals surface area (Å²) >= 11 is 0. The first-order valence-electron chi connectivity index (χ1n) is 4.90. The maximum absolute atomic E-state index is 13.5.